The van der Waals surface area contributed by atoms with Gasteiger partial charge >= 0.3 is 21.3 Å². The maximum atomic E-state index is 10.9. The van der Waals surface area contributed by atoms with Crippen molar-refractivity contribution in [3.8, 4) is 0 Å². The second-order valence-electron chi connectivity index (χ2n) is 3.53. The van der Waals surface area contributed by atoms with Crippen molar-refractivity contribution >= 4 is 26.1 Å². The van der Waals surface area contributed by atoms with E-state index >= 15 is 0 Å². The van der Waals surface area contributed by atoms with E-state index in [0.29, 0.717) is 0 Å². The SMILES string of the molecule is [CH3][AlH][C](=O)NNC(=O)OC(C)(C)C. The molecular formula is C7H15AlN2O3. The van der Waals surface area contributed by atoms with Gasteiger partial charge in [-0.2, -0.15) is 0 Å². The molecule has 0 saturated carbocycles. The summed E-state index contributed by atoms with van der Waals surface area (Å²) < 4.78 is 4.76. The Morgan fingerprint density at radius 3 is 2.15 bits per heavy atom. The second-order valence-corrected chi connectivity index (χ2v) is 4.88. The maximum absolute atomic E-state index is 10.9. The van der Waals surface area contributed by atoms with Gasteiger partial charge in [0.1, 0.15) is 10.4 Å². The third-order valence-electron chi connectivity index (χ3n) is 1.02. The van der Waals surface area contributed by atoms with Crippen molar-refractivity contribution in [1.82, 2.24) is 10.9 Å². The molecule has 6 heteroatoms. The Hall–Kier alpha value is -0.728. The molecule has 5 nitrogen and oxygen atoms in total. The first-order chi connectivity index (χ1) is 5.85. The van der Waals surface area contributed by atoms with Gasteiger partial charge in [-0.1, -0.05) is 5.79 Å². The highest BCUT2D eigenvalue weighted by atomic mass is 27.1. The van der Waals surface area contributed by atoms with Crippen LogP contribution in [-0.4, -0.2) is 31.7 Å². The van der Waals surface area contributed by atoms with E-state index in [0.717, 1.165) is 0 Å². The van der Waals surface area contributed by atoms with Crippen molar-refractivity contribution in [3.63, 3.8) is 0 Å². The van der Waals surface area contributed by atoms with Gasteiger partial charge in [-0.05, 0) is 20.8 Å². The van der Waals surface area contributed by atoms with Crippen LogP contribution in [0.4, 0.5) is 9.59 Å². The van der Waals surface area contributed by atoms with Gasteiger partial charge in [-0.25, -0.2) is 10.2 Å². The number of ether oxygens (including phenoxy) is 1. The normalized spacial score (nSPS) is 10.2. The minimum Gasteiger partial charge on any atom is -0.443 e. The first-order valence-corrected chi connectivity index (χ1v) is 6.25. The summed E-state index contributed by atoms with van der Waals surface area (Å²) in [6.45, 7) is 5.26. The van der Waals surface area contributed by atoms with Crippen LogP contribution in [0.5, 0.6) is 0 Å². The first-order valence-electron chi connectivity index (χ1n) is 4.13. The van der Waals surface area contributed by atoms with Gasteiger partial charge in [0, 0.05) is 0 Å². The molecule has 0 radical (unpaired) electrons. The standard InChI is InChI=1S/C6H11N2O3.CH3.Al.H/c1-6(2,3)11-5(10)8-7-4-9;;;/h1-3H3,(H,7,9)(H,8,10);1H3;;. The predicted octanol–water partition coefficient (Wildman–Crippen LogP) is 0.620. The third kappa shape index (κ3) is 7.63. The number of amides is 2. The number of rotatable bonds is 1. The number of hydrazine groups is 1. The van der Waals surface area contributed by atoms with Gasteiger partial charge in [0.25, 0.3) is 0 Å². The van der Waals surface area contributed by atoms with Crippen molar-refractivity contribution < 1.29 is 14.3 Å². The van der Waals surface area contributed by atoms with E-state index in [9.17, 15) is 9.59 Å². The average Bonchev–Trinajstić information content (AvgIpc) is 1.97. The molecule has 74 valence electrons. The fourth-order valence-corrected chi connectivity index (χ4v) is 0.778. The van der Waals surface area contributed by atoms with Crippen LogP contribution in [0, 0.1) is 0 Å². The highest BCUT2D eigenvalue weighted by Crippen LogP contribution is 2.05. The number of nitrogens with one attached hydrogen (secondary N) is 2. The van der Waals surface area contributed by atoms with E-state index in [2.05, 4.69) is 10.9 Å². The predicted molar refractivity (Wildman–Crippen MR) is 50.9 cm³/mol. The molecule has 13 heavy (non-hydrogen) atoms. The summed E-state index contributed by atoms with van der Waals surface area (Å²) in [5, 5.41) is 0. The molecule has 0 aromatic carbocycles. The topological polar surface area (TPSA) is 67.4 Å². The molecule has 0 unspecified atom stereocenters. The Balaban J connectivity index is 3.71. The van der Waals surface area contributed by atoms with Crippen LogP contribution in [0.2, 0.25) is 5.79 Å². The third-order valence-corrected chi connectivity index (χ3v) is 1.84. The summed E-state index contributed by atoms with van der Waals surface area (Å²) in [5.41, 5.74) is 3.87. The van der Waals surface area contributed by atoms with Crippen molar-refractivity contribution in [2.75, 3.05) is 0 Å². The van der Waals surface area contributed by atoms with Gasteiger partial charge in [0.2, 0.25) is 0 Å². The molecule has 0 aliphatic heterocycles. The van der Waals surface area contributed by atoms with Crippen molar-refractivity contribution in [2.24, 2.45) is 0 Å². The van der Waals surface area contributed by atoms with E-state index in [-0.39, 0.29) is 4.77 Å². The molecule has 0 spiro atoms. The minimum absolute atomic E-state index is 0.120. The summed E-state index contributed by atoms with van der Waals surface area (Å²) in [6, 6.07) is 0. The fourth-order valence-electron chi connectivity index (χ4n) is 0.513. The molecule has 0 atom stereocenters. The van der Waals surface area contributed by atoms with Crippen LogP contribution in [0.25, 0.3) is 0 Å². The number of hydrogen-bond acceptors (Lipinski definition) is 3. The first kappa shape index (κ1) is 12.3. The zero-order chi connectivity index (χ0) is 10.5. The van der Waals surface area contributed by atoms with Gasteiger partial charge in [0.15, 0.2) is 0 Å². The van der Waals surface area contributed by atoms with Crippen LogP contribution >= 0.6 is 0 Å². The number of carbonyl (C=O) groups excluding carboxylic acids is 2. The lowest BCUT2D eigenvalue weighted by Crippen LogP contribution is -2.45. The molecule has 2 N–H and O–H groups in total. The monoisotopic (exact) mass is 202 g/mol. The van der Waals surface area contributed by atoms with Gasteiger partial charge in [-0.15, -0.1) is 0 Å². The lowest BCUT2D eigenvalue weighted by molar-refractivity contribution is 0.0508. The van der Waals surface area contributed by atoms with Gasteiger partial charge < -0.3 is 4.74 Å². The second kappa shape index (κ2) is 5.10. The molecule has 2 amide bonds. The Morgan fingerprint density at radius 2 is 1.77 bits per heavy atom. The molecule has 0 rings (SSSR count). The minimum atomic E-state index is -0.767. The van der Waals surface area contributed by atoms with Gasteiger partial charge in [0.05, 0.1) is 0 Å². The van der Waals surface area contributed by atoms with Crippen molar-refractivity contribution in [1.29, 1.82) is 0 Å². The van der Waals surface area contributed by atoms with E-state index in [1.54, 1.807) is 20.8 Å². The molecule has 0 aliphatic carbocycles. The average molecular weight is 202 g/mol. The van der Waals surface area contributed by atoms with Crippen LogP contribution in [0.15, 0.2) is 0 Å². The summed E-state index contributed by atoms with van der Waals surface area (Å²) in [5.74, 6) is 1.83. The van der Waals surface area contributed by atoms with E-state index in [4.69, 9.17) is 4.74 Å². The highest BCUT2D eigenvalue weighted by Gasteiger charge is 2.15. The summed E-state index contributed by atoms with van der Waals surface area (Å²) in [6.07, 6.45) is -0.636. The summed E-state index contributed by atoms with van der Waals surface area (Å²) in [7, 11) is 0. The van der Waals surface area contributed by atoms with Crippen LogP contribution in [0.1, 0.15) is 20.8 Å². The Labute approximate surface area is 83.9 Å². The van der Waals surface area contributed by atoms with Crippen LogP contribution in [0.3, 0.4) is 0 Å². The van der Waals surface area contributed by atoms with E-state index in [1.165, 1.54) is 0 Å². The maximum Gasteiger partial charge on any atom is 0.426 e. The fraction of sp³-hybridized carbons (Fsp3) is 0.714. The zero-order valence-corrected chi connectivity index (χ0v) is 9.85. The molecule has 0 saturated heterocycles. The largest absolute Gasteiger partial charge is 0.443 e. The molecule has 0 aliphatic rings. The van der Waals surface area contributed by atoms with Crippen LogP contribution < -0.4 is 10.9 Å². The smallest absolute Gasteiger partial charge is 0.426 e. The molecule has 0 aromatic heterocycles. The zero-order valence-electron chi connectivity index (χ0n) is 8.43. The Morgan fingerprint density at radius 1 is 1.23 bits per heavy atom. The quantitative estimate of drug-likeness (QED) is 0.484. The summed E-state index contributed by atoms with van der Waals surface area (Å²) >= 11 is -0.767. The number of hydrogen-bond donors (Lipinski definition) is 2. The molecule has 0 fully saturated rings. The molecule has 0 aromatic rings. The molecular weight excluding hydrogens is 187 g/mol. The lowest BCUT2D eigenvalue weighted by atomic mass is 10.2. The molecule has 0 heterocycles. The van der Waals surface area contributed by atoms with Crippen LogP contribution in [-0.2, 0) is 4.74 Å². The van der Waals surface area contributed by atoms with Gasteiger partial charge in [-0.3, -0.25) is 10.2 Å². The lowest BCUT2D eigenvalue weighted by Gasteiger charge is -2.19. The van der Waals surface area contributed by atoms with E-state index < -0.39 is 26.9 Å². The number of carbonyl (C=O) groups is 2. The Bertz CT molecular complexity index is 200. The summed E-state index contributed by atoms with van der Waals surface area (Å²) in [4.78, 5) is 21.7. The van der Waals surface area contributed by atoms with Crippen molar-refractivity contribution in [2.45, 2.75) is 32.2 Å². The Kier molecular flexibility index (Phi) is 4.81. The van der Waals surface area contributed by atoms with Crippen molar-refractivity contribution in [3.05, 3.63) is 0 Å². The van der Waals surface area contributed by atoms with E-state index in [1.807, 2.05) is 5.79 Å². The highest BCUT2D eigenvalue weighted by molar-refractivity contribution is 6.72. The molecule has 0 bridgehead atoms.